The van der Waals surface area contributed by atoms with Gasteiger partial charge in [-0.25, -0.2) is 14.2 Å². The number of thiazole rings is 1. The van der Waals surface area contributed by atoms with Gasteiger partial charge in [0.2, 0.25) is 0 Å². The van der Waals surface area contributed by atoms with E-state index < -0.39 is 17.5 Å². The number of halogens is 1. The monoisotopic (exact) mass is 337 g/mol. The molecule has 0 saturated carbocycles. The minimum atomic E-state index is -0.605. The first-order chi connectivity index (χ1) is 10.7. The van der Waals surface area contributed by atoms with Crippen molar-refractivity contribution >= 4 is 28.8 Å². The summed E-state index contributed by atoms with van der Waals surface area (Å²) in [6.45, 7) is 7.25. The van der Waals surface area contributed by atoms with Gasteiger partial charge in [0.05, 0.1) is 17.4 Å². The van der Waals surface area contributed by atoms with E-state index in [-0.39, 0.29) is 6.04 Å². The van der Waals surface area contributed by atoms with Crippen molar-refractivity contribution in [2.45, 2.75) is 39.3 Å². The summed E-state index contributed by atoms with van der Waals surface area (Å²) in [5.74, 6) is -0.395. The van der Waals surface area contributed by atoms with Crippen LogP contribution in [0.2, 0.25) is 0 Å². The molecule has 0 spiro atoms. The van der Waals surface area contributed by atoms with Gasteiger partial charge in [0.25, 0.3) is 0 Å². The number of carbonyl (C=O) groups is 1. The van der Waals surface area contributed by atoms with Crippen molar-refractivity contribution < 1.29 is 13.9 Å². The molecule has 7 heteroatoms. The molecular formula is C16H20FN3O2S. The molecule has 1 aromatic carbocycles. The number of carbonyl (C=O) groups excluding carboxylic acids is 1. The first-order valence-electron chi connectivity index (χ1n) is 7.20. The molecule has 1 aromatic heterocycles. The summed E-state index contributed by atoms with van der Waals surface area (Å²) in [6, 6.07) is 4.00. The Morgan fingerprint density at radius 3 is 2.70 bits per heavy atom. The van der Waals surface area contributed by atoms with Crippen molar-refractivity contribution in [2.24, 2.45) is 0 Å². The van der Waals surface area contributed by atoms with Gasteiger partial charge in [-0.1, -0.05) is 0 Å². The quantitative estimate of drug-likeness (QED) is 0.841. The van der Waals surface area contributed by atoms with E-state index in [0.29, 0.717) is 11.4 Å². The Kier molecular flexibility index (Phi) is 5.20. The van der Waals surface area contributed by atoms with Crippen LogP contribution in [-0.2, 0) is 4.74 Å². The van der Waals surface area contributed by atoms with Gasteiger partial charge < -0.3 is 10.1 Å². The fourth-order valence-corrected chi connectivity index (χ4v) is 2.55. The lowest BCUT2D eigenvalue weighted by Gasteiger charge is -2.21. The smallest absolute Gasteiger partial charge is 0.412 e. The fourth-order valence-electron chi connectivity index (χ4n) is 1.90. The van der Waals surface area contributed by atoms with Crippen molar-refractivity contribution in [2.75, 3.05) is 10.6 Å². The number of hydrogen-bond donors (Lipinski definition) is 2. The minimum Gasteiger partial charge on any atom is -0.444 e. The van der Waals surface area contributed by atoms with Crippen molar-refractivity contribution in [1.82, 2.24) is 4.98 Å². The topological polar surface area (TPSA) is 63.2 Å². The summed E-state index contributed by atoms with van der Waals surface area (Å²) in [5.41, 5.74) is 0.314. The first-order valence-corrected chi connectivity index (χ1v) is 8.08. The first kappa shape index (κ1) is 17.2. The largest absolute Gasteiger partial charge is 0.444 e. The van der Waals surface area contributed by atoms with Crippen LogP contribution in [0, 0.1) is 5.82 Å². The Hall–Kier alpha value is -2.15. The second-order valence-electron chi connectivity index (χ2n) is 6.05. The molecule has 2 N–H and O–H groups in total. The Balaban J connectivity index is 2.15. The summed E-state index contributed by atoms with van der Waals surface area (Å²) in [4.78, 5) is 16.1. The van der Waals surface area contributed by atoms with Gasteiger partial charge in [-0.3, -0.25) is 5.32 Å². The highest BCUT2D eigenvalue weighted by atomic mass is 32.1. The van der Waals surface area contributed by atoms with E-state index in [1.54, 1.807) is 27.0 Å². The van der Waals surface area contributed by atoms with Crippen LogP contribution >= 0.6 is 11.3 Å². The number of hydrogen-bond acceptors (Lipinski definition) is 5. The Labute approximate surface area is 138 Å². The molecule has 2 rings (SSSR count). The summed E-state index contributed by atoms with van der Waals surface area (Å²) in [5, 5.41) is 8.54. The van der Waals surface area contributed by atoms with Crippen molar-refractivity contribution in [3.05, 3.63) is 40.6 Å². The molecular weight excluding hydrogens is 317 g/mol. The zero-order valence-corrected chi connectivity index (χ0v) is 14.3. The highest BCUT2D eigenvalue weighted by Crippen LogP contribution is 2.28. The third-order valence-electron chi connectivity index (χ3n) is 2.81. The molecule has 0 radical (unpaired) electrons. The maximum Gasteiger partial charge on any atom is 0.412 e. The average molecular weight is 337 g/mol. The Morgan fingerprint density at radius 2 is 2.09 bits per heavy atom. The van der Waals surface area contributed by atoms with Gasteiger partial charge >= 0.3 is 6.09 Å². The third-order valence-corrected chi connectivity index (χ3v) is 3.77. The lowest BCUT2D eigenvalue weighted by molar-refractivity contribution is 0.0636. The number of amides is 1. The molecule has 1 amide bonds. The fraction of sp³-hybridized carbons (Fsp3) is 0.375. The molecule has 1 unspecified atom stereocenters. The van der Waals surface area contributed by atoms with Crippen LogP contribution in [0.15, 0.2) is 29.8 Å². The molecule has 5 nitrogen and oxygen atoms in total. The molecule has 0 saturated heterocycles. The lowest BCUT2D eigenvalue weighted by Crippen LogP contribution is -2.27. The van der Waals surface area contributed by atoms with Gasteiger partial charge in [-0.05, 0) is 45.9 Å². The van der Waals surface area contributed by atoms with Crippen LogP contribution in [-0.4, -0.2) is 16.7 Å². The van der Waals surface area contributed by atoms with Crippen LogP contribution in [0.5, 0.6) is 0 Å². The summed E-state index contributed by atoms with van der Waals surface area (Å²) in [6.07, 6.45) is 1.12. The van der Waals surface area contributed by atoms with E-state index >= 15 is 0 Å². The number of nitrogens with one attached hydrogen (secondary N) is 2. The number of rotatable bonds is 4. The van der Waals surface area contributed by atoms with Crippen LogP contribution in [0.1, 0.15) is 38.7 Å². The van der Waals surface area contributed by atoms with Crippen LogP contribution in [0.4, 0.5) is 20.6 Å². The Bertz CT molecular complexity index is 668. The van der Waals surface area contributed by atoms with E-state index in [4.69, 9.17) is 4.74 Å². The zero-order valence-electron chi connectivity index (χ0n) is 13.5. The van der Waals surface area contributed by atoms with Crippen LogP contribution < -0.4 is 10.6 Å². The molecule has 23 heavy (non-hydrogen) atoms. The predicted octanol–water partition coefficient (Wildman–Crippen LogP) is 4.80. The van der Waals surface area contributed by atoms with E-state index in [0.717, 1.165) is 5.01 Å². The van der Waals surface area contributed by atoms with Crippen molar-refractivity contribution in [3.8, 4) is 0 Å². The molecule has 0 aliphatic carbocycles. The molecule has 2 aromatic rings. The van der Waals surface area contributed by atoms with Crippen molar-refractivity contribution in [3.63, 3.8) is 0 Å². The zero-order chi connectivity index (χ0) is 17.0. The summed E-state index contributed by atoms with van der Waals surface area (Å²) < 4.78 is 18.8. The average Bonchev–Trinajstić information content (AvgIpc) is 2.93. The number of nitrogens with zero attached hydrogens (tertiary/aromatic N) is 1. The normalized spacial score (nSPS) is 12.6. The third kappa shape index (κ3) is 5.21. The van der Waals surface area contributed by atoms with Gasteiger partial charge in [-0.2, -0.15) is 0 Å². The SMILES string of the molecule is CC(Nc1cc(F)ccc1NC(=O)OC(C)(C)C)c1nccs1. The summed E-state index contributed by atoms with van der Waals surface area (Å²) >= 11 is 1.50. The molecule has 0 fully saturated rings. The second-order valence-corrected chi connectivity index (χ2v) is 6.98. The van der Waals surface area contributed by atoms with Crippen LogP contribution in [0.25, 0.3) is 0 Å². The number of anilines is 2. The highest BCUT2D eigenvalue weighted by Gasteiger charge is 2.18. The standard InChI is InChI=1S/C16H20FN3O2S/c1-10(14-18-7-8-23-14)19-13-9-11(17)5-6-12(13)20-15(21)22-16(2,3)4/h5-10,19H,1-4H3,(H,20,21). The van der Waals surface area contributed by atoms with Crippen LogP contribution in [0.3, 0.4) is 0 Å². The van der Waals surface area contributed by atoms with E-state index in [1.807, 2.05) is 12.3 Å². The van der Waals surface area contributed by atoms with E-state index in [1.165, 1.54) is 29.5 Å². The predicted molar refractivity (Wildman–Crippen MR) is 90.4 cm³/mol. The molecule has 1 atom stereocenters. The van der Waals surface area contributed by atoms with E-state index in [9.17, 15) is 9.18 Å². The maximum absolute atomic E-state index is 13.6. The molecule has 124 valence electrons. The summed E-state index contributed by atoms with van der Waals surface area (Å²) in [7, 11) is 0. The van der Waals surface area contributed by atoms with E-state index in [2.05, 4.69) is 15.6 Å². The highest BCUT2D eigenvalue weighted by molar-refractivity contribution is 7.09. The maximum atomic E-state index is 13.6. The van der Waals surface area contributed by atoms with Gasteiger partial charge in [0.1, 0.15) is 16.4 Å². The molecule has 1 heterocycles. The molecule has 0 aliphatic heterocycles. The number of benzene rings is 1. The lowest BCUT2D eigenvalue weighted by atomic mass is 10.2. The van der Waals surface area contributed by atoms with Gasteiger partial charge in [0.15, 0.2) is 0 Å². The van der Waals surface area contributed by atoms with Gasteiger partial charge in [-0.15, -0.1) is 11.3 Å². The number of aromatic nitrogens is 1. The Morgan fingerprint density at radius 1 is 1.35 bits per heavy atom. The minimum absolute atomic E-state index is 0.115. The number of ether oxygens (including phenoxy) is 1. The second kappa shape index (κ2) is 6.95. The van der Waals surface area contributed by atoms with Gasteiger partial charge in [0, 0.05) is 11.6 Å². The molecule has 0 bridgehead atoms. The van der Waals surface area contributed by atoms with Crippen molar-refractivity contribution in [1.29, 1.82) is 0 Å². The molecule has 0 aliphatic rings.